The Labute approximate surface area is 103 Å². The van der Waals surface area contributed by atoms with Gasteiger partial charge in [0.2, 0.25) is 5.91 Å². The molecule has 0 saturated heterocycles. The Morgan fingerprint density at radius 2 is 1.88 bits per heavy atom. The topological polar surface area (TPSA) is 75.4 Å². The molecule has 0 bridgehead atoms. The summed E-state index contributed by atoms with van der Waals surface area (Å²) in [6.45, 7) is 1.40. The molecule has 0 aromatic heterocycles. The van der Waals surface area contributed by atoms with Crippen LogP contribution < -0.4 is 11.1 Å². The molecule has 0 atom stereocenters. The van der Waals surface area contributed by atoms with Crippen LogP contribution in [0.2, 0.25) is 0 Å². The molecular weight excluding hydrogens is 216 g/mol. The number of amides is 1. The quantitative estimate of drug-likeness (QED) is 0.642. The molecule has 2 fully saturated rings. The summed E-state index contributed by atoms with van der Waals surface area (Å²) in [7, 11) is 0. The Morgan fingerprint density at radius 1 is 1.24 bits per heavy atom. The molecule has 0 heterocycles. The van der Waals surface area contributed by atoms with Gasteiger partial charge in [0.25, 0.3) is 0 Å². The first-order valence-electron chi connectivity index (χ1n) is 6.76. The number of rotatable bonds is 6. The molecule has 2 aliphatic rings. The van der Waals surface area contributed by atoms with Gasteiger partial charge in [-0.15, -0.1) is 0 Å². The van der Waals surface area contributed by atoms with Crippen molar-refractivity contribution in [2.24, 2.45) is 16.6 Å². The summed E-state index contributed by atoms with van der Waals surface area (Å²) < 4.78 is 0. The van der Waals surface area contributed by atoms with Crippen LogP contribution in [0.4, 0.5) is 0 Å². The second kappa shape index (κ2) is 4.94. The van der Waals surface area contributed by atoms with Crippen molar-refractivity contribution in [3.63, 3.8) is 0 Å². The van der Waals surface area contributed by atoms with Crippen molar-refractivity contribution in [1.29, 1.82) is 0 Å². The molecule has 2 aliphatic carbocycles. The van der Waals surface area contributed by atoms with Gasteiger partial charge < -0.3 is 16.2 Å². The van der Waals surface area contributed by atoms with E-state index < -0.39 is 0 Å². The number of hydrogen-bond acceptors (Lipinski definition) is 3. The molecule has 4 nitrogen and oxygen atoms in total. The van der Waals surface area contributed by atoms with Crippen molar-refractivity contribution < 1.29 is 9.90 Å². The minimum absolute atomic E-state index is 0.140. The summed E-state index contributed by atoms with van der Waals surface area (Å²) in [6.07, 6.45) is 7.17. The summed E-state index contributed by atoms with van der Waals surface area (Å²) in [5, 5.41) is 12.1. The first-order chi connectivity index (χ1) is 8.16. The van der Waals surface area contributed by atoms with Crippen LogP contribution in [0.15, 0.2) is 0 Å². The molecule has 0 aromatic carbocycles. The van der Waals surface area contributed by atoms with Gasteiger partial charge in [-0.25, -0.2) is 0 Å². The zero-order valence-corrected chi connectivity index (χ0v) is 10.5. The molecule has 0 unspecified atom stereocenters. The smallest absolute Gasteiger partial charge is 0.227 e. The fourth-order valence-corrected chi connectivity index (χ4v) is 2.96. The monoisotopic (exact) mass is 240 g/mol. The lowest BCUT2D eigenvalue weighted by Crippen LogP contribution is -2.45. The van der Waals surface area contributed by atoms with E-state index in [4.69, 9.17) is 10.8 Å². The van der Waals surface area contributed by atoms with E-state index in [0.717, 1.165) is 44.9 Å². The molecule has 4 heteroatoms. The van der Waals surface area contributed by atoms with Crippen LogP contribution in [-0.4, -0.2) is 30.7 Å². The van der Waals surface area contributed by atoms with E-state index in [-0.39, 0.29) is 23.3 Å². The lowest BCUT2D eigenvalue weighted by Gasteiger charge is -2.27. The number of carbonyl (C=O) groups is 1. The maximum Gasteiger partial charge on any atom is 0.227 e. The Kier molecular flexibility index (Phi) is 3.73. The second-order valence-electron chi connectivity index (χ2n) is 5.85. The van der Waals surface area contributed by atoms with Crippen LogP contribution in [0.5, 0.6) is 0 Å². The molecule has 17 heavy (non-hydrogen) atoms. The molecule has 0 spiro atoms. The third-order valence-electron chi connectivity index (χ3n) is 4.66. The first kappa shape index (κ1) is 12.8. The zero-order valence-electron chi connectivity index (χ0n) is 10.5. The summed E-state index contributed by atoms with van der Waals surface area (Å²) >= 11 is 0. The van der Waals surface area contributed by atoms with E-state index in [1.54, 1.807) is 0 Å². The molecule has 2 rings (SSSR count). The van der Waals surface area contributed by atoms with Gasteiger partial charge in [-0.3, -0.25) is 4.79 Å². The summed E-state index contributed by atoms with van der Waals surface area (Å²) in [6, 6.07) is 0. The second-order valence-corrected chi connectivity index (χ2v) is 5.85. The third-order valence-corrected chi connectivity index (χ3v) is 4.66. The number of aliphatic hydroxyl groups is 1. The Hall–Kier alpha value is -0.610. The van der Waals surface area contributed by atoms with E-state index in [1.807, 2.05) is 0 Å². The van der Waals surface area contributed by atoms with Gasteiger partial charge in [-0.2, -0.15) is 0 Å². The third kappa shape index (κ3) is 2.63. The van der Waals surface area contributed by atoms with Crippen LogP contribution >= 0.6 is 0 Å². The number of hydrogen-bond donors (Lipinski definition) is 3. The van der Waals surface area contributed by atoms with Gasteiger partial charge in [0, 0.05) is 19.7 Å². The van der Waals surface area contributed by atoms with Crippen LogP contribution in [0.3, 0.4) is 0 Å². The van der Waals surface area contributed by atoms with Crippen LogP contribution in [-0.2, 0) is 4.79 Å². The molecule has 0 aliphatic heterocycles. The maximum atomic E-state index is 12.2. The summed E-state index contributed by atoms with van der Waals surface area (Å²) in [5.41, 5.74) is 5.68. The molecule has 1 amide bonds. The predicted molar refractivity (Wildman–Crippen MR) is 66.3 cm³/mol. The highest BCUT2D eigenvalue weighted by molar-refractivity contribution is 5.83. The van der Waals surface area contributed by atoms with Gasteiger partial charge in [0.05, 0.1) is 5.41 Å². The molecule has 0 aromatic rings. The largest absolute Gasteiger partial charge is 0.396 e. The fraction of sp³-hybridized carbons (Fsp3) is 0.923. The van der Waals surface area contributed by atoms with E-state index in [1.165, 1.54) is 0 Å². The van der Waals surface area contributed by atoms with E-state index in [9.17, 15) is 4.79 Å². The first-order valence-corrected chi connectivity index (χ1v) is 6.76. The molecule has 2 saturated carbocycles. The van der Waals surface area contributed by atoms with Crippen LogP contribution in [0, 0.1) is 10.8 Å². The predicted octanol–water partition coefficient (Wildman–Crippen LogP) is 0.784. The van der Waals surface area contributed by atoms with Crippen molar-refractivity contribution in [1.82, 2.24) is 5.32 Å². The van der Waals surface area contributed by atoms with Crippen molar-refractivity contribution in [2.45, 2.75) is 44.9 Å². The fourth-order valence-electron chi connectivity index (χ4n) is 2.96. The highest BCUT2D eigenvalue weighted by Gasteiger charge is 2.44. The number of nitrogens with one attached hydrogen (secondary N) is 1. The highest BCUT2D eigenvalue weighted by atomic mass is 16.3. The average Bonchev–Trinajstić information content (AvgIpc) is 2.93. The van der Waals surface area contributed by atoms with E-state index >= 15 is 0 Å². The Bertz CT molecular complexity index is 281. The van der Waals surface area contributed by atoms with Gasteiger partial charge >= 0.3 is 0 Å². The average molecular weight is 240 g/mol. The van der Waals surface area contributed by atoms with Crippen molar-refractivity contribution in [3.8, 4) is 0 Å². The van der Waals surface area contributed by atoms with E-state index in [2.05, 4.69) is 5.32 Å². The van der Waals surface area contributed by atoms with Crippen LogP contribution in [0.25, 0.3) is 0 Å². The van der Waals surface area contributed by atoms with Crippen molar-refractivity contribution >= 4 is 5.91 Å². The SMILES string of the molecule is NCC1(C(=O)NCC2(CCO)CC2)CCCC1. The summed E-state index contributed by atoms with van der Waals surface area (Å²) in [4.78, 5) is 12.2. The molecule has 4 N–H and O–H groups in total. The lowest BCUT2D eigenvalue weighted by atomic mass is 9.85. The van der Waals surface area contributed by atoms with E-state index in [0.29, 0.717) is 13.1 Å². The molecular formula is C13H24N2O2. The minimum atomic E-state index is -0.296. The zero-order chi connectivity index (χ0) is 12.4. The molecule has 0 radical (unpaired) electrons. The Balaban J connectivity index is 1.84. The number of carbonyl (C=O) groups excluding carboxylic acids is 1. The van der Waals surface area contributed by atoms with Gasteiger partial charge in [0.1, 0.15) is 0 Å². The summed E-state index contributed by atoms with van der Waals surface area (Å²) in [5.74, 6) is 0.140. The lowest BCUT2D eigenvalue weighted by molar-refractivity contribution is -0.130. The highest BCUT2D eigenvalue weighted by Crippen LogP contribution is 2.48. The normalized spacial score (nSPS) is 24.6. The van der Waals surface area contributed by atoms with Crippen molar-refractivity contribution in [2.75, 3.05) is 19.7 Å². The van der Waals surface area contributed by atoms with Gasteiger partial charge in [-0.05, 0) is 37.5 Å². The van der Waals surface area contributed by atoms with Crippen LogP contribution in [0.1, 0.15) is 44.9 Å². The Morgan fingerprint density at radius 3 is 2.35 bits per heavy atom. The van der Waals surface area contributed by atoms with Gasteiger partial charge in [0.15, 0.2) is 0 Å². The number of aliphatic hydroxyl groups excluding tert-OH is 1. The standard InChI is InChI=1S/C13H24N2O2/c14-9-13(3-1-2-4-13)11(17)15-10-12(5-6-12)7-8-16/h16H,1-10,14H2,(H,15,17). The van der Waals surface area contributed by atoms with Gasteiger partial charge in [-0.1, -0.05) is 12.8 Å². The number of nitrogens with two attached hydrogens (primary N) is 1. The minimum Gasteiger partial charge on any atom is -0.396 e. The van der Waals surface area contributed by atoms with Crippen molar-refractivity contribution in [3.05, 3.63) is 0 Å². The molecule has 98 valence electrons. The maximum absolute atomic E-state index is 12.2.